The second-order valence-corrected chi connectivity index (χ2v) is 6.12. The van der Waals surface area contributed by atoms with Crippen LogP contribution < -0.4 is 14.8 Å². The van der Waals surface area contributed by atoms with Crippen LogP contribution >= 0.6 is 15.9 Å². The molecule has 0 saturated carbocycles. The molecule has 0 radical (unpaired) electrons. The Hall–Kier alpha value is -2.02. The van der Waals surface area contributed by atoms with Crippen LogP contribution in [0, 0.1) is 13.8 Å². The molecule has 1 N–H and O–H groups in total. The lowest BCUT2D eigenvalue weighted by molar-refractivity contribution is 0.0946. The summed E-state index contributed by atoms with van der Waals surface area (Å²) in [6.45, 7) is 6.52. The van der Waals surface area contributed by atoms with Crippen molar-refractivity contribution in [3.05, 3.63) is 39.5 Å². The Bertz CT molecular complexity index is 708. The lowest BCUT2D eigenvalue weighted by Gasteiger charge is -2.13. The van der Waals surface area contributed by atoms with Crippen LogP contribution in [0.15, 0.2) is 21.0 Å². The Labute approximate surface area is 149 Å². The summed E-state index contributed by atoms with van der Waals surface area (Å²) in [5.41, 5.74) is 1.28. The van der Waals surface area contributed by atoms with Crippen LogP contribution in [0.4, 0.5) is 0 Å². The number of rotatable bonds is 7. The lowest BCUT2D eigenvalue weighted by Crippen LogP contribution is -2.23. The molecular weight excluding hydrogens is 376 g/mol. The number of aryl methyl sites for hydroxylation is 2. The molecule has 24 heavy (non-hydrogen) atoms. The average molecular weight is 397 g/mol. The number of carbonyl (C=O) groups is 1. The molecule has 0 saturated heterocycles. The van der Waals surface area contributed by atoms with Gasteiger partial charge in [0, 0.05) is 5.56 Å². The average Bonchev–Trinajstić information content (AvgIpc) is 2.89. The number of nitrogens with zero attached hydrogens (tertiary/aromatic N) is 1. The summed E-state index contributed by atoms with van der Waals surface area (Å²) < 4.78 is 17.1. The normalized spacial score (nSPS) is 10.5. The molecule has 0 unspecified atom stereocenters. The van der Waals surface area contributed by atoms with E-state index in [0.717, 1.165) is 17.9 Å². The standard InChI is InChI=1S/C17H21BrN2O4/c1-5-6-23-16-13(18)7-12(8-14(16)22-4)17(21)19-9-15-20-10(2)11(3)24-15/h7-8H,5-6,9H2,1-4H3,(H,19,21). The molecule has 2 aromatic rings. The maximum Gasteiger partial charge on any atom is 0.251 e. The van der Waals surface area contributed by atoms with Crippen molar-refractivity contribution in [3.63, 3.8) is 0 Å². The van der Waals surface area contributed by atoms with E-state index in [1.54, 1.807) is 19.2 Å². The van der Waals surface area contributed by atoms with Gasteiger partial charge in [-0.05, 0) is 48.3 Å². The van der Waals surface area contributed by atoms with Crippen LogP contribution in [0.3, 0.4) is 0 Å². The fraction of sp³-hybridized carbons (Fsp3) is 0.412. The number of aromatic nitrogens is 1. The Balaban J connectivity index is 2.12. The first-order valence-electron chi connectivity index (χ1n) is 7.67. The van der Waals surface area contributed by atoms with Gasteiger partial charge in [-0.15, -0.1) is 0 Å². The third-order valence-corrected chi connectivity index (χ3v) is 4.00. The number of benzene rings is 1. The van der Waals surface area contributed by atoms with Gasteiger partial charge in [-0.3, -0.25) is 4.79 Å². The summed E-state index contributed by atoms with van der Waals surface area (Å²) in [7, 11) is 1.54. The minimum Gasteiger partial charge on any atom is -0.493 e. The van der Waals surface area contributed by atoms with Crippen molar-refractivity contribution >= 4 is 21.8 Å². The minimum absolute atomic E-state index is 0.224. The fourth-order valence-corrected chi connectivity index (χ4v) is 2.62. The Morgan fingerprint density at radius 3 is 2.71 bits per heavy atom. The second-order valence-electron chi connectivity index (χ2n) is 5.27. The number of amides is 1. The molecule has 130 valence electrons. The molecule has 1 aromatic carbocycles. The summed E-state index contributed by atoms with van der Waals surface area (Å²) in [4.78, 5) is 16.6. The quantitative estimate of drug-likeness (QED) is 0.770. The number of nitrogens with one attached hydrogen (secondary N) is 1. The highest BCUT2D eigenvalue weighted by molar-refractivity contribution is 9.10. The van der Waals surface area contributed by atoms with Gasteiger partial charge in [-0.2, -0.15) is 0 Å². The highest BCUT2D eigenvalue weighted by Gasteiger charge is 2.16. The Morgan fingerprint density at radius 1 is 1.38 bits per heavy atom. The molecule has 6 nitrogen and oxygen atoms in total. The fourth-order valence-electron chi connectivity index (χ4n) is 2.07. The SMILES string of the molecule is CCCOc1c(Br)cc(C(=O)NCc2nc(C)c(C)o2)cc1OC. The van der Waals surface area contributed by atoms with Crippen molar-refractivity contribution in [1.29, 1.82) is 0 Å². The van der Waals surface area contributed by atoms with Gasteiger partial charge >= 0.3 is 0 Å². The summed E-state index contributed by atoms with van der Waals surface area (Å²) >= 11 is 3.43. The van der Waals surface area contributed by atoms with E-state index < -0.39 is 0 Å². The van der Waals surface area contributed by atoms with Gasteiger partial charge in [0.05, 0.1) is 30.4 Å². The number of carbonyl (C=O) groups excluding carboxylic acids is 1. The van der Waals surface area contributed by atoms with E-state index in [1.807, 2.05) is 20.8 Å². The molecule has 0 bridgehead atoms. The molecule has 1 heterocycles. The monoisotopic (exact) mass is 396 g/mol. The number of oxazole rings is 1. The highest BCUT2D eigenvalue weighted by Crippen LogP contribution is 2.36. The van der Waals surface area contributed by atoms with Gasteiger partial charge < -0.3 is 19.2 Å². The van der Waals surface area contributed by atoms with E-state index in [-0.39, 0.29) is 12.5 Å². The molecule has 0 aliphatic carbocycles. The van der Waals surface area contributed by atoms with E-state index in [4.69, 9.17) is 13.9 Å². The maximum absolute atomic E-state index is 12.4. The van der Waals surface area contributed by atoms with E-state index in [2.05, 4.69) is 26.2 Å². The van der Waals surface area contributed by atoms with E-state index >= 15 is 0 Å². The third kappa shape index (κ3) is 4.29. The van der Waals surface area contributed by atoms with Gasteiger partial charge in [0.1, 0.15) is 5.76 Å². The molecular formula is C17H21BrN2O4. The number of halogens is 1. The van der Waals surface area contributed by atoms with Crippen molar-refractivity contribution in [2.75, 3.05) is 13.7 Å². The third-order valence-electron chi connectivity index (χ3n) is 3.42. The second kappa shape index (κ2) is 8.19. The Kier molecular flexibility index (Phi) is 6.25. The molecule has 0 aliphatic heterocycles. The first-order valence-corrected chi connectivity index (χ1v) is 8.47. The van der Waals surface area contributed by atoms with Crippen molar-refractivity contribution in [1.82, 2.24) is 10.3 Å². The van der Waals surface area contributed by atoms with Crippen LogP contribution in [0.1, 0.15) is 41.0 Å². The van der Waals surface area contributed by atoms with Crippen LogP contribution in [0.2, 0.25) is 0 Å². The predicted octanol–water partition coefficient (Wildman–Crippen LogP) is 3.78. The van der Waals surface area contributed by atoms with Crippen LogP contribution in [0.5, 0.6) is 11.5 Å². The lowest BCUT2D eigenvalue weighted by atomic mass is 10.2. The van der Waals surface area contributed by atoms with Gasteiger partial charge in [0.25, 0.3) is 5.91 Å². The van der Waals surface area contributed by atoms with E-state index in [0.29, 0.717) is 34.0 Å². The largest absolute Gasteiger partial charge is 0.493 e. The van der Waals surface area contributed by atoms with E-state index in [9.17, 15) is 4.79 Å². The van der Waals surface area contributed by atoms with Gasteiger partial charge in [-0.25, -0.2) is 4.98 Å². The maximum atomic E-state index is 12.4. The molecule has 2 rings (SSSR count). The van der Waals surface area contributed by atoms with Crippen molar-refractivity contribution in [2.24, 2.45) is 0 Å². The minimum atomic E-state index is -0.246. The first-order chi connectivity index (χ1) is 11.5. The molecule has 0 atom stereocenters. The van der Waals surface area contributed by atoms with Crippen LogP contribution in [0.25, 0.3) is 0 Å². The highest BCUT2D eigenvalue weighted by atomic mass is 79.9. The van der Waals surface area contributed by atoms with Gasteiger partial charge in [-0.1, -0.05) is 6.92 Å². The Morgan fingerprint density at radius 2 is 2.12 bits per heavy atom. The molecule has 0 fully saturated rings. The molecule has 0 aliphatic rings. The summed E-state index contributed by atoms with van der Waals surface area (Å²) in [5, 5.41) is 2.78. The summed E-state index contributed by atoms with van der Waals surface area (Å²) in [6, 6.07) is 3.35. The summed E-state index contributed by atoms with van der Waals surface area (Å²) in [6.07, 6.45) is 0.882. The van der Waals surface area contributed by atoms with Crippen LogP contribution in [-0.4, -0.2) is 24.6 Å². The number of ether oxygens (including phenoxy) is 2. The molecule has 7 heteroatoms. The van der Waals surface area contributed by atoms with Crippen molar-refractivity contribution < 1.29 is 18.7 Å². The predicted molar refractivity (Wildman–Crippen MR) is 93.6 cm³/mol. The first kappa shape index (κ1) is 18.3. The van der Waals surface area contributed by atoms with Gasteiger partial charge in [0.15, 0.2) is 11.5 Å². The van der Waals surface area contributed by atoms with Crippen molar-refractivity contribution in [2.45, 2.75) is 33.7 Å². The summed E-state index contributed by atoms with van der Waals surface area (Å²) in [5.74, 6) is 2.08. The van der Waals surface area contributed by atoms with Crippen LogP contribution in [-0.2, 0) is 6.54 Å². The van der Waals surface area contributed by atoms with Gasteiger partial charge in [0.2, 0.25) is 5.89 Å². The molecule has 1 aromatic heterocycles. The number of methoxy groups -OCH3 is 1. The van der Waals surface area contributed by atoms with E-state index in [1.165, 1.54) is 0 Å². The smallest absolute Gasteiger partial charge is 0.251 e. The molecule has 1 amide bonds. The molecule has 0 spiro atoms. The number of hydrogen-bond acceptors (Lipinski definition) is 5. The zero-order valence-corrected chi connectivity index (χ0v) is 15.8. The zero-order valence-electron chi connectivity index (χ0n) is 14.2. The topological polar surface area (TPSA) is 73.6 Å². The van der Waals surface area contributed by atoms with Crippen molar-refractivity contribution in [3.8, 4) is 11.5 Å². The zero-order chi connectivity index (χ0) is 17.7. The number of hydrogen-bond donors (Lipinski definition) is 1.